The number of benzene rings is 1. The second kappa shape index (κ2) is 6.91. The largest absolute Gasteiger partial charge is 0.372 e. The van der Waals surface area contributed by atoms with Crippen molar-refractivity contribution in [3.63, 3.8) is 0 Å². The first-order valence-corrected chi connectivity index (χ1v) is 8.48. The summed E-state index contributed by atoms with van der Waals surface area (Å²) in [5.74, 6) is 0. The summed E-state index contributed by atoms with van der Waals surface area (Å²) in [5, 5.41) is 3.67. The van der Waals surface area contributed by atoms with Gasteiger partial charge >= 0.3 is 0 Å². The first-order chi connectivity index (χ1) is 10.3. The molecule has 0 aromatic heterocycles. The standard InChI is InChI=1S/C18H28N2O/c1-3-15-12-20(16(4-2)11-19-15)13-18-17-8-6-5-7-14(17)9-10-21-18/h5-8,15-16,18-19H,3-4,9-13H2,1-2H3. The highest BCUT2D eigenvalue weighted by Gasteiger charge is 2.30. The Morgan fingerprint density at radius 1 is 1.24 bits per heavy atom. The number of nitrogens with zero attached hydrogens (tertiary/aromatic N) is 1. The third-order valence-corrected chi connectivity index (χ3v) is 5.07. The number of piperazine rings is 1. The lowest BCUT2D eigenvalue weighted by molar-refractivity contribution is -0.00466. The molecule has 0 radical (unpaired) electrons. The zero-order valence-corrected chi connectivity index (χ0v) is 13.3. The molecule has 0 aliphatic carbocycles. The number of ether oxygens (including phenoxy) is 1. The fraction of sp³-hybridized carbons (Fsp3) is 0.667. The van der Waals surface area contributed by atoms with Crippen LogP contribution in [-0.4, -0.2) is 43.2 Å². The maximum Gasteiger partial charge on any atom is 0.0954 e. The van der Waals surface area contributed by atoms with Gasteiger partial charge in [0.25, 0.3) is 0 Å². The molecule has 0 amide bonds. The van der Waals surface area contributed by atoms with Crippen LogP contribution in [0.25, 0.3) is 0 Å². The van der Waals surface area contributed by atoms with Crippen LogP contribution in [0.3, 0.4) is 0 Å². The van der Waals surface area contributed by atoms with Crippen LogP contribution in [0.1, 0.15) is 43.9 Å². The Balaban J connectivity index is 1.73. The summed E-state index contributed by atoms with van der Waals surface area (Å²) in [4.78, 5) is 2.65. The van der Waals surface area contributed by atoms with Gasteiger partial charge in [-0.05, 0) is 30.4 Å². The summed E-state index contributed by atoms with van der Waals surface area (Å²) >= 11 is 0. The van der Waals surface area contributed by atoms with Crippen molar-refractivity contribution in [1.82, 2.24) is 10.2 Å². The van der Waals surface area contributed by atoms with Gasteiger partial charge < -0.3 is 10.1 Å². The van der Waals surface area contributed by atoms with Crippen LogP contribution < -0.4 is 5.32 Å². The molecule has 1 aromatic carbocycles. The normalized spacial score (nSPS) is 30.1. The molecule has 0 spiro atoms. The second-order valence-electron chi connectivity index (χ2n) is 6.34. The summed E-state index contributed by atoms with van der Waals surface area (Å²) in [7, 11) is 0. The van der Waals surface area contributed by atoms with Crippen molar-refractivity contribution in [2.24, 2.45) is 0 Å². The van der Waals surface area contributed by atoms with Crippen molar-refractivity contribution >= 4 is 0 Å². The minimum atomic E-state index is 0.250. The fourth-order valence-corrected chi connectivity index (χ4v) is 3.67. The highest BCUT2D eigenvalue weighted by Crippen LogP contribution is 2.29. The van der Waals surface area contributed by atoms with E-state index in [0.717, 1.165) is 32.7 Å². The molecular weight excluding hydrogens is 260 g/mol. The highest BCUT2D eigenvalue weighted by molar-refractivity contribution is 5.31. The van der Waals surface area contributed by atoms with Crippen molar-refractivity contribution in [2.45, 2.75) is 51.3 Å². The van der Waals surface area contributed by atoms with Crippen LogP contribution in [-0.2, 0) is 11.2 Å². The third-order valence-electron chi connectivity index (χ3n) is 5.07. The van der Waals surface area contributed by atoms with Gasteiger partial charge in [-0.2, -0.15) is 0 Å². The Kier molecular flexibility index (Phi) is 4.94. The summed E-state index contributed by atoms with van der Waals surface area (Å²) in [6, 6.07) is 10.1. The van der Waals surface area contributed by atoms with Gasteiger partial charge in [0, 0.05) is 31.7 Å². The van der Waals surface area contributed by atoms with E-state index in [-0.39, 0.29) is 6.10 Å². The van der Waals surface area contributed by atoms with E-state index in [2.05, 4.69) is 48.3 Å². The van der Waals surface area contributed by atoms with Crippen molar-refractivity contribution < 1.29 is 4.74 Å². The van der Waals surface area contributed by atoms with E-state index < -0.39 is 0 Å². The van der Waals surface area contributed by atoms with Crippen LogP contribution in [0.15, 0.2) is 24.3 Å². The Bertz CT molecular complexity index is 462. The van der Waals surface area contributed by atoms with Gasteiger partial charge in [-0.15, -0.1) is 0 Å². The summed E-state index contributed by atoms with van der Waals surface area (Å²) in [5.41, 5.74) is 2.88. The minimum absolute atomic E-state index is 0.250. The SMILES string of the molecule is CCC1CN(CC2OCCc3ccccc32)C(CC)CN1. The summed E-state index contributed by atoms with van der Waals surface area (Å²) in [6.07, 6.45) is 3.72. The molecular formula is C18H28N2O. The number of rotatable bonds is 4. The molecule has 2 heterocycles. The molecule has 1 fully saturated rings. The monoisotopic (exact) mass is 288 g/mol. The zero-order valence-electron chi connectivity index (χ0n) is 13.3. The van der Waals surface area contributed by atoms with Crippen molar-refractivity contribution in [3.05, 3.63) is 35.4 Å². The van der Waals surface area contributed by atoms with Gasteiger partial charge in [0.15, 0.2) is 0 Å². The van der Waals surface area contributed by atoms with Gasteiger partial charge in [-0.25, -0.2) is 0 Å². The Morgan fingerprint density at radius 3 is 2.90 bits per heavy atom. The van der Waals surface area contributed by atoms with E-state index >= 15 is 0 Å². The fourth-order valence-electron chi connectivity index (χ4n) is 3.67. The van der Waals surface area contributed by atoms with E-state index in [4.69, 9.17) is 4.74 Å². The smallest absolute Gasteiger partial charge is 0.0954 e. The van der Waals surface area contributed by atoms with E-state index in [0.29, 0.717) is 12.1 Å². The van der Waals surface area contributed by atoms with Crippen LogP contribution in [0.2, 0.25) is 0 Å². The van der Waals surface area contributed by atoms with Crippen molar-refractivity contribution in [3.8, 4) is 0 Å². The van der Waals surface area contributed by atoms with Gasteiger partial charge in [-0.1, -0.05) is 38.1 Å². The Labute approximate surface area is 128 Å². The molecule has 0 bridgehead atoms. The maximum atomic E-state index is 6.11. The number of nitrogens with one attached hydrogen (secondary N) is 1. The molecule has 3 heteroatoms. The predicted molar refractivity (Wildman–Crippen MR) is 86.6 cm³/mol. The summed E-state index contributed by atoms with van der Waals surface area (Å²) < 4.78 is 6.11. The van der Waals surface area contributed by atoms with Gasteiger partial charge in [0.2, 0.25) is 0 Å². The van der Waals surface area contributed by atoms with Gasteiger partial charge in [0.05, 0.1) is 12.7 Å². The number of fused-ring (bicyclic) bond motifs is 1. The lowest BCUT2D eigenvalue weighted by Gasteiger charge is -2.42. The van der Waals surface area contributed by atoms with Crippen LogP contribution in [0.4, 0.5) is 0 Å². The van der Waals surface area contributed by atoms with Crippen molar-refractivity contribution in [2.75, 3.05) is 26.2 Å². The molecule has 0 saturated carbocycles. The van der Waals surface area contributed by atoms with Gasteiger partial charge in [0.1, 0.15) is 0 Å². The average Bonchev–Trinajstić information content (AvgIpc) is 2.55. The Morgan fingerprint density at radius 2 is 2.10 bits per heavy atom. The molecule has 2 aliphatic heterocycles. The maximum absolute atomic E-state index is 6.11. The van der Waals surface area contributed by atoms with Crippen molar-refractivity contribution in [1.29, 1.82) is 0 Å². The molecule has 116 valence electrons. The second-order valence-corrected chi connectivity index (χ2v) is 6.34. The molecule has 3 rings (SSSR count). The van der Waals surface area contributed by atoms with E-state index in [1.807, 2.05) is 0 Å². The third kappa shape index (κ3) is 3.31. The minimum Gasteiger partial charge on any atom is -0.372 e. The van der Waals surface area contributed by atoms with Crippen LogP contribution in [0, 0.1) is 0 Å². The van der Waals surface area contributed by atoms with E-state index in [1.54, 1.807) is 0 Å². The molecule has 2 aliphatic rings. The lowest BCUT2D eigenvalue weighted by Crippen LogP contribution is -2.57. The quantitative estimate of drug-likeness (QED) is 0.922. The summed E-state index contributed by atoms with van der Waals surface area (Å²) in [6.45, 7) is 8.73. The average molecular weight is 288 g/mol. The number of hydrogen-bond donors (Lipinski definition) is 1. The zero-order chi connectivity index (χ0) is 14.7. The lowest BCUT2D eigenvalue weighted by atomic mass is 9.96. The van der Waals surface area contributed by atoms with E-state index in [1.165, 1.54) is 24.0 Å². The van der Waals surface area contributed by atoms with Crippen LogP contribution in [0.5, 0.6) is 0 Å². The molecule has 1 saturated heterocycles. The first-order valence-electron chi connectivity index (χ1n) is 8.48. The molecule has 1 N–H and O–H groups in total. The molecule has 3 unspecified atom stereocenters. The van der Waals surface area contributed by atoms with Crippen LogP contribution >= 0.6 is 0 Å². The molecule has 21 heavy (non-hydrogen) atoms. The number of hydrogen-bond acceptors (Lipinski definition) is 3. The molecule has 3 nitrogen and oxygen atoms in total. The van der Waals surface area contributed by atoms with Gasteiger partial charge in [-0.3, -0.25) is 4.90 Å². The Hall–Kier alpha value is -0.900. The highest BCUT2D eigenvalue weighted by atomic mass is 16.5. The predicted octanol–water partition coefficient (Wildman–Crippen LogP) is 2.76. The van der Waals surface area contributed by atoms with E-state index in [9.17, 15) is 0 Å². The first kappa shape index (κ1) is 15.0. The molecule has 1 aromatic rings. The topological polar surface area (TPSA) is 24.5 Å². The molecule has 3 atom stereocenters.